The minimum Gasteiger partial charge on any atom is -0.361 e. The molecule has 1 heterocycles. The van der Waals surface area contributed by atoms with Crippen LogP contribution in [0.25, 0.3) is 10.9 Å². The van der Waals surface area contributed by atoms with Crippen molar-refractivity contribution >= 4 is 10.9 Å². The Labute approximate surface area is 89.7 Å². The van der Waals surface area contributed by atoms with Crippen molar-refractivity contribution in [2.75, 3.05) is 6.54 Å². The lowest BCUT2D eigenvalue weighted by atomic mass is 10.1. The molecule has 0 saturated heterocycles. The molecule has 0 aliphatic rings. The standard InChI is InChI=1S/C12H17N3/c1-9(7-13)15-8-11-4-2-3-10-5-6-14-12(10)11/h2-6,9,14-15H,7-8,13H2,1H3. The summed E-state index contributed by atoms with van der Waals surface area (Å²) in [4.78, 5) is 3.26. The van der Waals surface area contributed by atoms with Crippen LogP contribution in [0.4, 0.5) is 0 Å². The molecule has 0 fully saturated rings. The second-order valence-electron chi connectivity index (χ2n) is 3.88. The zero-order chi connectivity index (χ0) is 10.7. The molecular formula is C12H17N3. The maximum absolute atomic E-state index is 5.56. The lowest BCUT2D eigenvalue weighted by Crippen LogP contribution is -2.32. The largest absolute Gasteiger partial charge is 0.361 e. The van der Waals surface area contributed by atoms with E-state index in [2.05, 4.69) is 41.5 Å². The topological polar surface area (TPSA) is 53.8 Å². The van der Waals surface area contributed by atoms with E-state index in [0.717, 1.165) is 6.54 Å². The van der Waals surface area contributed by atoms with Crippen LogP contribution < -0.4 is 11.1 Å². The fourth-order valence-corrected chi connectivity index (χ4v) is 1.66. The van der Waals surface area contributed by atoms with Gasteiger partial charge in [-0.05, 0) is 23.9 Å². The van der Waals surface area contributed by atoms with Crippen molar-refractivity contribution in [3.05, 3.63) is 36.0 Å². The third kappa shape index (κ3) is 2.19. The van der Waals surface area contributed by atoms with Crippen LogP contribution in [-0.2, 0) is 6.54 Å². The molecule has 4 N–H and O–H groups in total. The van der Waals surface area contributed by atoms with E-state index >= 15 is 0 Å². The van der Waals surface area contributed by atoms with Crippen molar-refractivity contribution in [1.82, 2.24) is 10.3 Å². The van der Waals surface area contributed by atoms with Crippen molar-refractivity contribution < 1.29 is 0 Å². The number of nitrogens with two attached hydrogens (primary N) is 1. The molecule has 3 nitrogen and oxygen atoms in total. The predicted octanol–water partition coefficient (Wildman–Crippen LogP) is 1.60. The summed E-state index contributed by atoms with van der Waals surface area (Å²) in [6.45, 7) is 3.62. The fraction of sp³-hybridized carbons (Fsp3) is 0.333. The number of rotatable bonds is 4. The monoisotopic (exact) mass is 203 g/mol. The number of hydrogen-bond donors (Lipinski definition) is 3. The van der Waals surface area contributed by atoms with Gasteiger partial charge in [0.1, 0.15) is 0 Å². The number of benzene rings is 1. The van der Waals surface area contributed by atoms with E-state index in [1.807, 2.05) is 6.20 Å². The van der Waals surface area contributed by atoms with Crippen LogP contribution in [0, 0.1) is 0 Å². The molecule has 0 bridgehead atoms. The first-order valence-electron chi connectivity index (χ1n) is 5.29. The molecule has 0 saturated carbocycles. The van der Waals surface area contributed by atoms with Crippen LogP contribution >= 0.6 is 0 Å². The van der Waals surface area contributed by atoms with Crippen LogP contribution in [0.5, 0.6) is 0 Å². The van der Waals surface area contributed by atoms with E-state index in [4.69, 9.17) is 5.73 Å². The van der Waals surface area contributed by atoms with Gasteiger partial charge in [-0.3, -0.25) is 0 Å². The van der Waals surface area contributed by atoms with Crippen molar-refractivity contribution in [3.8, 4) is 0 Å². The van der Waals surface area contributed by atoms with Gasteiger partial charge in [0, 0.05) is 30.8 Å². The van der Waals surface area contributed by atoms with Gasteiger partial charge >= 0.3 is 0 Å². The molecule has 3 heteroatoms. The molecule has 0 amide bonds. The van der Waals surface area contributed by atoms with Crippen molar-refractivity contribution in [2.24, 2.45) is 5.73 Å². The third-order valence-electron chi connectivity index (χ3n) is 2.67. The van der Waals surface area contributed by atoms with Gasteiger partial charge in [0.05, 0.1) is 0 Å². The second kappa shape index (κ2) is 4.47. The zero-order valence-corrected chi connectivity index (χ0v) is 8.96. The average molecular weight is 203 g/mol. The van der Waals surface area contributed by atoms with E-state index in [-0.39, 0.29) is 0 Å². The molecule has 0 radical (unpaired) electrons. The molecular weight excluding hydrogens is 186 g/mol. The summed E-state index contributed by atoms with van der Waals surface area (Å²) < 4.78 is 0. The number of hydrogen-bond acceptors (Lipinski definition) is 2. The molecule has 1 aromatic carbocycles. The van der Waals surface area contributed by atoms with Crippen LogP contribution in [-0.4, -0.2) is 17.6 Å². The average Bonchev–Trinajstić information content (AvgIpc) is 2.74. The number of para-hydroxylation sites is 1. The summed E-state index contributed by atoms with van der Waals surface area (Å²) in [5, 5.41) is 4.64. The summed E-state index contributed by atoms with van der Waals surface area (Å²) in [6, 6.07) is 8.78. The van der Waals surface area contributed by atoms with Gasteiger partial charge in [-0.15, -0.1) is 0 Å². The Bertz CT molecular complexity index is 433. The summed E-state index contributed by atoms with van der Waals surface area (Å²) >= 11 is 0. The maximum Gasteiger partial charge on any atom is 0.0499 e. The highest BCUT2D eigenvalue weighted by atomic mass is 14.9. The molecule has 2 aromatic rings. The van der Waals surface area contributed by atoms with Crippen molar-refractivity contribution in [1.29, 1.82) is 0 Å². The molecule has 1 aromatic heterocycles. The SMILES string of the molecule is CC(CN)NCc1cccc2cc[nH]c12. The summed E-state index contributed by atoms with van der Waals surface area (Å²) in [5.74, 6) is 0. The van der Waals surface area contributed by atoms with Gasteiger partial charge < -0.3 is 16.0 Å². The third-order valence-corrected chi connectivity index (χ3v) is 2.67. The van der Waals surface area contributed by atoms with E-state index in [1.165, 1.54) is 16.5 Å². The summed E-state index contributed by atoms with van der Waals surface area (Å²) in [6.07, 6.45) is 1.97. The van der Waals surface area contributed by atoms with Gasteiger partial charge in [-0.1, -0.05) is 18.2 Å². The molecule has 0 aliphatic carbocycles. The Kier molecular flexibility index (Phi) is 3.04. The number of aromatic nitrogens is 1. The first kappa shape index (κ1) is 10.2. The van der Waals surface area contributed by atoms with E-state index in [9.17, 15) is 0 Å². The number of nitrogens with one attached hydrogen (secondary N) is 2. The Morgan fingerprint density at radius 3 is 3.07 bits per heavy atom. The molecule has 1 unspecified atom stereocenters. The molecule has 80 valence electrons. The maximum atomic E-state index is 5.56. The smallest absolute Gasteiger partial charge is 0.0499 e. The van der Waals surface area contributed by atoms with Gasteiger partial charge in [-0.25, -0.2) is 0 Å². The second-order valence-corrected chi connectivity index (χ2v) is 3.88. The van der Waals surface area contributed by atoms with Crippen LogP contribution in [0.2, 0.25) is 0 Å². The van der Waals surface area contributed by atoms with E-state index in [1.54, 1.807) is 0 Å². The summed E-state index contributed by atoms with van der Waals surface area (Å²) in [5.41, 5.74) is 8.07. The minimum absolute atomic E-state index is 0.357. The molecule has 15 heavy (non-hydrogen) atoms. The van der Waals surface area contributed by atoms with E-state index in [0.29, 0.717) is 12.6 Å². The Morgan fingerprint density at radius 1 is 1.40 bits per heavy atom. The van der Waals surface area contributed by atoms with Crippen LogP contribution in [0.15, 0.2) is 30.5 Å². The van der Waals surface area contributed by atoms with Crippen molar-refractivity contribution in [2.45, 2.75) is 19.5 Å². The minimum atomic E-state index is 0.357. The van der Waals surface area contributed by atoms with Gasteiger partial charge in [0.25, 0.3) is 0 Å². The Morgan fingerprint density at radius 2 is 2.27 bits per heavy atom. The molecule has 2 rings (SSSR count). The van der Waals surface area contributed by atoms with Crippen LogP contribution in [0.3, 0.4) is 0 Å². The van der Waals surface area contributed by atoms with E-state index < -0.39 is 0 Å². The Hall–Kier alpha value is -1.32. The highest BCUT2D eigenvalue weighted by Crippen LogP contribution is 2.16. The zero-order valence-electron chi connectivity index (χ0n) is 8.96. The first-order valence-corrected chi connectivity index (χ1v) is 5.29. The lowest BCUT2D eigenvalue weighted by Gasteiger charge is -2.11. The highest BCUT2D eigenvalue weighted by Gasteiger charge is 2.03. The highest BCUT2D eigenvalue weighted by molar-refractivity contribution is 5.82. The Balaban J connectivity index is 2.17. The normalized spacial score (nSPS) is 13.2. The van der Waals surface area contributed by atoms with Crippen LogP contribution in [0.1, 0.15) is 12.5 Å². The number of aromatic amines is 1. The molecule has 0 spiro atoms. The quantitative estimate of drug-likeness (QED) is 0.707. The molecule has 0 aliphatic heterocycles. The number of H-pyrrole nitrogens is 1. The fourth-order valence-electron chi connectivity index (χ4n) is 1.66. The van der Waals surface area contributed by atoms with Gasteiger partial charge in [-0.2, -0.15) is 0 Å². The lowest BCUT2D eigenvalue weighted by molar-refractivity contribution is 0.557. The predicted molar refractivity (Wildman–Crippen MR) is 63.7 cm³/mol. The van der Waals surface area contributed by atoms with Gasteiger partial charge in [0.15, 0.2) is 0 Å². The molecule has 1 atom stereocenters. The van der Waals surface area contributed by atoms with Gasteiger partial charge in [0.2, 0.25) is 0 Å². The number of fused-ring (bicyclic) bond motifs is 1. The summed E-state index contributed by atoms with van der Waals surface area (Å²) in [7, 11) is 0. The van der Waals surface area contributed by atoms with Crippen molar-refractivity contribution in [3.63, 3.8) is 0 Å². The first-order chi connectivity index (χ1) is 7.31.